The quantitative estimate of drug-likeness (QED) is 0.284. The van der Waals surface area contributed by atoms with Crippen LogP contribution in [0.4, 0.5) is 22.2 Å². The van der Waals surface area contributed by atoms with Gasteiger partial charge in [-0.2, -0.15) is 10.2 Å². The van der Waals surface area contributed by atoms with E-state index in [0.717, 1.165) is 10.0 Å². The molecule has 2 N–H and O–H groups in total. The van der Waals surface area contributed by atoms with Crippen LogP contribution >= 0.6 is 23.1 Å². The van der Waals surface area contributed by atoms with Crippen LogP contribution in [0.3, 0.4) is 0 Å². The Morgan fingerprint density at radius 3 is 2.50 bits per heavy atom. The number of hydrogen-bond acceptors (Lipinski definition) is 8. The third-order valence-electron chi connectivity index (χ3n) is 3.32. The summed E-state index contributed by atoms with van der Waals surface area (Å²) in [5.41, 5.74) is 2.20. The van der Waals surface area contributed by atoms with Crippen LogP contribution in [0.1, 0.15) is 0 Å². The molecule has 0 atom stereocenters. The molecule has 0 fully saturated rings. The maximum atomic E-state index is 12.1. The van der Waals surface area contributed by atoms with Crippen LogP contribution in [0.15, 0.2) is 81.8 Å². The van der Waals surface area contributed by atoms with Gasteiger partial charge in [-0.05, 0) is 36.4 Å². The SMILES string of the molecule is C=CCNc1nnc(SCC(=O)Nc2ccc(N=Nc3ccccc3)cc2)s1. The van der Waals surface area contributed by atoms with Crippen molar-refractivity contribution in [3.8, 4) is 0 Å². The molecule has 28 heavy (non-hydrogen) atoms. The molecule has 1 aromatic heterocycles. The molecule has 0 aliphatic carbocycles. The lowest BCUT2D eigenvalue weighted by atomic mass is 10.3. The van der Waals surface area contributed by atoms with Crippen molar-refractivity contribution < 1.29 is 4.79 Å². The number of rotatable bonds is 9. The van der Waals surface area contributed by atoms with E-state index in [1.807, 2.05) is 30.3 Å². The van der Waals surface area contributed by atoms with E-state index in [1.165, 1.54) is 23.1 Å². The van der Waals surface area contributed by atoms with Gasteiger partial charge in [0, 0.05) is 12.2 Å². The summed E-state index contributed by atoms with van der Waals surface area (Å²) in [6.07, 6.45) is 1.75. The topological polar surface area (TPSA) is 91.6 Å². The Hall–Kier alpha value is -3.04. The monoisotopic (exact) mass is 410 g/mol. The summed E-state index contributed by atoms with van der Waals surface area (Å²) in [5.74, 6) is 0.144. The average molecular weight is 411 g/mol. The molecular formula is C19H18N6OS2. The van der Waals surface area contributed by atoms with Crippen molar-refractivity contribution in [1.82, 2.24) is 10.2 Å². The van der Waals surface area contributed by atoms with E-state index in [0.29, 0.717) is 23.1 Å². The number of aromatic nitrogens is 2. The lowest BCUT2D eigenvalue weighted by Crippen LogP contribution is -2.13. The lowest BCUT2D eigenvalue weighted by Gasteiger charge is -2.04. The minimum atomic E-state index is -0.112. The van der Waals surface area contributed by atoms with Crippen LogP contribution in [0.25, 0.3) is 0 Å². The van der Waals surface area contributed by atoms with E-state index in [9.17, 15) is 4.79 Å². The minimum absolute atomic E-state index is 0.112. The number of carbonyl (C=O) groups excluding carboxylic acids is 1. The third kappa shape index (κ3) is 6.29. The maximum absolute atomic E-state index is 12.1. The van der Waals surface area contributed by atoms with Gasteiger partial charge in [-0.25, -0.2) is 0 Å². The predicted octanol–water partition coefficient (Wildman–Crippen LogP) is 5.28. The van der Waals surface area contributed by atoms with Gasteiger partial charge in [0.25, 0.3) is 0 Å². The molecule has 3 rings (SSSR count). The molecule has 9 heteroatoms. The number of anilines is 2. The van der Waals surface area contributed by atoms with Gasteiger partial charge < -0.3 is 10.6 Å². The highest BCUT2D eigenvalue weighted by Crippen LogP contribution is 2.25. The zero-order valence-electron chi connectivity index (χ0n) is 14.9. The molecule has 0 saturated carbocycles. The normalized spacial score (nSPS) is 10.7. The van der Waals surface area contributed by atoms with Gasteiger partial charge in [0.15, 0.2) is 4.34 Å². The lowest BCUT2D eigenvalue weighted by molar-refractivity contribution is -0.113. The van der Waals surface area contributed by atoms with Crippen molar-refractivity contribution in [2.45, 2.75) is 4.34 Å². The summed E-state index contributed by atoms with van der Waals surface area (Å²) < 4.78 is 0.735. The van der Waals surface area contributed by atoms with Crippen LogP contribution in [-0.4, -0.2) is 28.4 Å². The fourth-order valence-corrected chi connectivity index (χ4v) is 3.60. The standard InChI is InChI=1S/C19H18N6OS2/c1-2-12-20-18-24-25-19(28-18)27-13-17(26)21-14-8-10-16(11-9-14)23-22-15-6-4-3-5-7-15/h2-11H,1,12-13H2,(H,20,24)(H,21,26). The van der Waals surface area contributed by atoms with Crippen LogP contribution in [0.2, 0.25) is 0 Å². The second kappa shape index (κ2) is 10.3. The largest absolute Gasteiger partial charge is 0.357 e. The highest BCUT2D eigenvalue weighted by molar-refractivity contribution is 8.01. The van der Waals surface area contributed by atoms with E-state index < -0.39 is 0 Å². The molecule has 2 aromatic carbocycles. The van der Waals surface area contributed by atoms with E-state index in [4.69, 9.17) is 0 Å². The summed E-state index contributed by atoms with van der Waals surface area (Å²) >= 11 is 2.75. The summed E-state index contributed by atoms with van der Waals surface area (Å²) in [7, 11) is 0. The van der Waals surface area contributed by atoms with Crippen molar-refractivity contribution in [2.75, 3.05) is 22.9 Å². The Morgan fingerprint density at radius 2 is 1.79 bits per heavy atom. The highest BCUT2D eigenvalue weighted by Gasteiger charge is 2.08. The number of amides is 1. The zero-order valence-corrected chi connectivity index (χ0v) is 16.5. The molecule has 3 aromatic rings. The van der Waals surface area contributed by atoms with E-state index >= 15 is 0 Å². The van der Waals surface area contributed by atoms with E-state index in [-0.39, 0.29) is 11.7 Å². The molecule has 1 heterocycles. The summed E-state index contributed by atoms with van der Waals surface area (Å²) in [4.78, 5) is 12.1. The maximum Gasteiger partial charge on any atom is 0.234 e. The molecule has 1 amide bonds. The van der Waals surface area contributed by atoms with Crippen molar-refractivity contribution in [1.29, 1.82) is 0 Å². The Labute approximate surface area is 171 Å². The fourth-order valence-electron chi connectivity index (χ4n) is 2.04. The van der Waals surface area contributed by atoms with Crippen LogP contribution in [-0.2, 0) is 4.79 Å². The molecule has 142 valence electrons. The van der Waals surface area contributed by atoms with Gasteiger partial charge in [0.1, 0.15) is 0 Å². The van der Waals surface area contributed by atoms with Crippen molar-refractivity contribution in [2.24, 2.45) is 10.2 Å². The first-order valence-electron chi connectivity index (χ1n) is 8.41. The number of carbonyl (C=O) groups is 1. The Morgan fingerprint density at radius 1 is 1.07 bits per heavy atom. The van der Waals surface area contributed by atoms with Crippen molar-refractivity contribution in [3.63, 3.8) is 0 Å². The van der Waals surface area contributed by atoms with Gasteiger partial charge in [-0.15, -0.1) is 16.8 Å². The highest BCUT2D eigenvalue weighted by atomic mass is 32.2. The molecule has 0 radical (unpaired) electrons. The van der Waals surface area contributed by atoms with Crippen LogP contribution < -0.4 is 10.6 Å². The Kier molecular flexibility index (Phi) is 7.28. The summed E-state index contributed by atoms with van der Waals surface area (Å²) in [6.45, 7) is 4.26. The number of thioether (sulfide) groups is 1. The number of benzene rings is 2. The second-order valence-corrected chi connectivity index (χ2v) is 7.66. The molecule has 0 bridgehead atoms. The molecular weight excluding hydrogens is 392 g/mol. The first-order chi connectivity index (χ1) is 13.7. The predicted molar refractivity (Wildman–Crippen MR) is 115 cm³/mol. The molecule has 0 aliphatic heterocycles. The fraction of sp³-hybridized carbons (Fsp3) is 0.105. The molecule has 0 saturated heterocycles. The summed E-state index contributed by atoms with van der Waals surface area (Å²) in [6, 6.07) is 16.7. The van der Waals surface area contributed by atoms with Gasteiger partial charge in [-0.3, -0.25) is 4.79 Å². The Bertz CT molecular complexity index is 941. The van der Waals surface area contributed by atoms with Crippen molar-refractivity contribution in [3.05, 3.63) is 67.3 Å². The molecule has 7 nitrogen and oxygen atoms in total. The third-order valence-corrected chi connectivity index (χ3v) is 5.33. The smallest absolute Gasteiger partial charge is 0.234 e. The van der Waals surface area contributed by atoms with Crippen molar-refractivity contribution >= 4 is 51.2 Å². The molecule has 0 aliphatic rings. The average Bonchev–Trinajstić information content (AvgIpc) is 3.19. The molecule has 0 spiro atoms. The van der Waals surface area contributed by atoms with Crippen LogP contribution in [0.5, 0.6) is 0 Å². The Balaban J connectivity index is 1.47. The first-order valence-corrected chi connectivity index (χ1v) is 10.2. The zero-order chi connectivity index (χ0) is 19.6. The van der Waals surface area contributed by atoms with Crippen LogP contribution in [0, 0.1) is 0 Å². The van der Waals surface area contributed by atoms with E-state index in [2.05, 4.69) is 37.6 Å². The number of azo groups is 1. The molecule has 0 unspecified atom stereocenters. The van der Waals surface area contributed by atoms with Gasteiger partial charge in [-0.1, -0.05) is 47.4 Å². The number of nitrogens with one attached hydrogen (secondary N) is 2. The summed E-state index contributed by atoms with van der Waals surface area (Å²) in [5, 5.41) is 23.0. The second-order valence-electron chi connectivity index (χ2n) is 5.46. The first kappa shape index (κ1) is 19.7. The van der Waals surface area contributed by atoms with Gasteiger partial charge in [0.2, 0.25) is 11.0 Å². The van der Waals surface area contributed by atoms with E-state index in [1.54, 1.807) is 30.3 Å². The minimum Gasteiger partial charge on any atom is -0.357 e. The van der Waals surface area contributed by atoms with Gasteiger partial charge in [0.05, 0.1) is 17.1 Å². The number of nitrogens with zero attached hydrogens (tertiary/aromatic N) is 4. The number of hydrogen-bond donors (Lipinski definition) is 2. The van der Waals surface area contributed by atoms with Gasteiger partial charge >= 0.3 is 0 Å².